The number of hydrazone groups is 1. The molecule has 0 atom stereocenters. The fraction of sp³-hybridized carbons (Fsp3) is 0.0588. The number of nitrogens with zero attached hydrogens (tertiary/aromatic N) is 5. The van der Waals surface area contributed by atoms with Crippen LogP contribution in [0.1, 0.15) is 5.56 Å². The molecule has 130 valence electrons. The lowest BCUT2D eigenvalue weighted by atomic mass is 10.2. The van der Waals surface area contributed by atoms with Gasteiger partial charge < -0.3 is 0 Å². The topological polar surface area (TPSA) is 115 Å². The molecule has 9 nitrogen and oxygen atoms in total. The standard InChI is InChI=1S/C17H14N6O3/c24-17(20-18-10-14-8-4-5-9-16(14)23(25)26)12-22-11-15(19-21-22)13-6-2-1-3-7-13/h1-11H,12H2,(H,20,24)/b18-10+. The number of aromatic nitrogens is 3. The number of amides is 1. The third-order valence-electron chi connectivity index (χ3n) is 3.44. The average Bonchev–Trinajstić information content (AvgIpc) is 3.11. The maximum absolute atomic E-state index is 11.9. The van der Waals surface area contributed by atoms with Crippen LogP contribution in [0.15, 0.2) is 65.9 Å². The van der Waals surface area contributed by atoms with Crippen molar-refractivity contribution in [1.82, 2.24) is 20.4 Å². The van der Waals surface area contributed by atoms with Crippen LogP contribution >= 0.6 is 0 Å². The van der Waals surface area contributed by atoms with Crippen molar-refractivity contribution in [2.75, 3.05) is 0 Å². The average molecular weight is 350 g/mol. The number of benzene rings is 2. The smallest absolute Gasteiger partial charge is 0.271 e. The molecule has 0 aliphatic rings. The number of hydrogen-bond acceptors (Lipinski definition) is 6. The van der Waals surface area contributed by atoms with E-state index in [1.54, 1.807) is 18.3 Å². The molecule has 1 amide bonds. The van der Waals surface area contributed by atoms with E-state index in [1.807, 2.05) is 30.3 Å². The summed E-state index contributed by atoms with van der Waals surface area (Å²) in [4.78, 5) is 22.3. The second-order valence-corrected chi connectivity index (χ2v) is 5.28. The summed E-state index contributed by atoms with van der Waals surface area (Å²) in [6.07, 6.45) is 2.88. The van der Waals surface area contributed by atoms with E-state index in [2.05, 4.69) is 20.8 Å². The number of carbonyl (C=O) groups is 1. The Labute approximate surface area is 148 Å². The van der Waals surface area contributed by atoms with Crippen molar-refractivity contribution in [3.63, 3.8) is 0 Å². The van der Waals surface area contributed by atoms with Crippen molar-refractivity contribution in [2.24, 2.45) is 5.10 Å². The Hall–Kier alpha value is -3.88. The molecule has 0 radical (unpaired) electrons. The SMILES string of the molecule is O=C(Cn1cc(-c2ccccc2)nn1)N/N=C/c1ccccc1[N+](=O)[O-]. The Balaban J connectivity index is 1.60. The van der Waals surface area contributed by atoms with Gasteiger partial charge in [-0.1, -0.05) is 47.7 Å². The first-order valence-corrected chi connectivity index (χ1v) is 7.64. The highest BCUT2D eigenvalue weighted by molar-refractivity contribution is 5.86. The van der Waals surface area contributed by atoms with Crippen molar-refractivity contribution < 1.29 is 9.72 Å². The number of nitro groups is 1. The van der Waals surface area contributed by atoms with Crippen molar-refractivity contribution >= 4 is 17.8 Å². The lowest BCUT2D eigenvalue weighted by molar-refractivity contribution is -0.385. The first-order valence-electron chi connectivity index (χ1n) is 7.64. The monoisotopic (exact) mass is 350 g/mol. The van der Waals surface area contributed by atoms with Gasteiger partial charge in [0.25, 0.3) is 11.6 Å². The Morgan fingerprint density at radius 1 is 1.19 bits per heavy atom. The normalized spacial score (nSPS) is 10.8. The largest absolute Gasteiger partial charge is 0.278 e. The molecule has 3 rings (SSSR count). The molecule has 1 N–H and O–H groups in total. The molecule has 0 fully saturated rings. The molecule has 2 aromatic carbocycles. The van der Waals surface area contributed by atoms with E-state index >= 15 is 0 Å². The predicted octanol–water partition coefficient (Wildman–Crippen LogP) is 2.00. The predicted molar refractivity (Wildman–Crippen MR) is 94.3 cm³/mol. The Morgan fingerprint density at radius 3 is 2.69 bits per heavy atom. The summed E-state index contributed by atoms with van der Waals surface area (Å²) >= 11 is 0. The minimum absolute atomic E-state index is 0.0753. The summed E-state index contributed by atoms with van der Waals surface area (Å²) in [6, 6.07) is 15.6. The lowest BCUT2D eigenvalue weighted by Gasteiger charge is -1.99. The first kappa shape index (κ1) is 17.0. The number of nitrogens with one attached hydrogen (secondary N) is 1. The Morgan fingerprint density at radius 2 is 1.92 bits per heavy atom. The van der Waals surface area contributed by atoms with Crippen LogP contribution in [0.2, 0.25) is 0 Å². The van der Waals surface area contributed by atoms with Gasteiger partial charge in [-0.05, 0) is 6.07 Å². The molecule has 0 spiro atoms. The number of para-hydroxylation sites is 1. The maximum atomic E-state index is 11.9. The van der Waals surface area contributed by atoms with Gasteiger partial charge in [-0.25, -0.2) is 10.1 Å². The Kier molecular flexibility index (Phi) is 5.08. The molecule has 1 heterocycles. The highest BCUT2D eigenvalue weighted by Gasteiger charge is 2.10. The van der Waals surface area contributed by atoms with E-state index in [0.29, 0.717) is 11.3 Å². The molecule has 1 aromatic heterocycles. The van der Waals surface area contributed by atoms with E-state index < -0.39 is 10.8 Å². The molecule has 26 heavy (non-hydrogen) atoms. The van der Waals surface area contributed by atoms with Gasteiger partial charge in [0.15, 0.2) is 0 Å². The van der Waals surface area contributed by atoms with Gasteiger partial charge in [0.05, 0.1) is 22.9 Å². The highest BCUT2D eigenvalue weighted by Crippen LogP contribution is 2.15. The molecular weight excluding hydrogens is 336 g/mol. The molecule has 0 unspecified atom stereocenters. The van der Waals surface area contributed by atoms with Crippen molar-refractivity contribution in [3.05, 3.63) is 76.5 Å². The van der Waals surface area contributed by atoms with Gasteiger partial charge in [0.1, 0.15) is 12.2 Å². The van der Waals surface area contributed by atoms with E-state index in [9.17, 15) is 14.9 Å². The maximum Gasteiger partial charge on any atom is 0.278 e. The number of hydrogen-bond donors (Lipinski definition) is 1. The van der Waals surface area contributed by atoms with Crippen LogP contribution in [0.25, 0.3) is 11.3 Å². The van der Waals surface area contributed by atoms with Crippen molar-refractivity contribution in [1.29, 1.82) is 0 Å². The zero-order valence-corrected chi connectivity index (χ0v) is 13.5. The van der Waals surface area contributed by atoms with Crippen molar-refractivity contribution in [2.45, 2.75) is 6.54 Å². The summed E-state index contributed by atoms with van der Waals surface area (Å²) in [5.41, 5.74) is 4.07. The minimum atomic E-state index is -0.510. The number of nitro benzene ring substituents is 1. The van der Waals surface area contributed by atoms with E-state index in [4.69, 9.17) is 0 Å². The third-order valence-corrected chi connectivity index (χ3v) is 3.44. The summed E-state index contributed by atoms with van der Waals surface area (Å²) in [7, 11) is 0. The molecule has 0 bridgehead atoms. The molecule has 3 aromatic rings. The van der Waals surface area contributed by atoms with Crippen molar-refractivity contribution in [3.8, 4) is 11.3 Å². The number of carbonyl (C=O) groups excluding carboxylic acids is 1. The molecule has 9 heteroatoms. The van der Waals surface area contributed by atoms with Gasteiger partial charge in [0, 0.05) is 11.6 Å². The van der Waals surface area contributed by atoms with Crippen LogP contribution in [0.3, 0.4) is 0 Å². The molecule has 0 aliphatic carbocycles. The quantitative estimate of drug-likeness (QED) is 0.415. The Bertz CT molecular complexity index is 952. The zero-order valence-electron chi connectivity index (χ0n) is 13.5. The van der Waals surface area contributed by atoms with Gasteiger partial charge in [0.2, 0.25) is 0 Å². The summed E-state index contributed by atoms with van der Waals surface area (Å²) in [6.45, 7) is -0.0753. The molecular formula is C17H14N6O3. The second-order valence-electron chi connectivity index (χ2n) is 5.28. The van der Waals surface area contributed by atoms with Gasteiger partial charge in [-0.2, -0.15) is 5.10 Å². The summed E-state index contributed by atoms with van der Waals surface area (Å²) in [5.74, 6) is -0.427. The van der Waals surface area contributed by atoms with Crippen LogP contribution in [-0.4, -0.2) is 32.0 Å². The van der Waals surface area contributed by atoms with E-state index in [1.165, 1.54) is 23.0 Å². The summed E-state index contributed by atoms with van der Waals surface area (Å²) < 4.78 is 1.39. The fourth-order valence-electron chi connectivity index (χ4n) is 2.24. The van der Waals surface area contributed by atoms with Crippen LogP contribution in [0.4, 0.5) is 5.69 Å². The zero-order chi connectivity index (χ0) is 18.4. The summed E-state index contributed by atoms with van der Waals surface area (Å²) in [5, 5.41) is 22.6. The second kappa shape index (κ2) is 7.79. The van der Waals surface area contributed by atoms with E-state index in [-0.39, 0.29) is 12.2 Å². The third kappa shape index (κ3) is 4.15. The van der Waals surface area contributed by atoms with Crippen LogP contribution in [0, 0.1) is 10.1 Å². The van der Waals surface area contributed by atoms with E-state index in [0.717, 1.165) is 5.56 Å². The van der Waals surface area contributed by atoms with Crippen LogP contribution < -0.4 is 5.43 Å². The fourth-order valence-corrected chi connectivity index (χ4v) is 2.24. The molecule has 0 saturated carbocycles. The molecule has 0 aliphatic heterocycles. The van der Waals surface area contributed by atoms with Gasteiger partial charge in [-0.3, -0.25) is 14.9 Å². The van der Waals surface area contributed by atoms with Gasteiger partial charge >= 0.3 is 0 Å². The van der Waals surface area contributed by atoms with Gasteiger partial charge in [-0.15, -0.1) is 5.10 Å². The minimum Gasteiger partial charge on any atom is -0.271 e. The lowest BCUT2D eigenvalue weighted by Crippen LogP contribution is -2.23. The first-order chi connectivity index (χ1) is 12.6. The highest BCUT2D eigenvalue weighted by atomic mass is 16.6. The molecule has 0 saturated heterocycles. The number of rotatable bonds is 6. The van der Waals surface area contributed by atoms with Crippen LogP contribution in [-0.2, 0) is 11.3 Å². The van der Waals surface area contributed by atoms with Crippen LogP contribution in [0.5, 0.6) is 0 Å².